The molecule has 4 nitrogen and oxygen atoms in total. The summed E-state index contributed by atoms with van der Waals surface area (Å²) in [6.07, 6.45) is 5.85. The Labute approximate surface area is 117 Å². The third-order valence-corrected chi connectivity index (χ3v) is 3.66. The number of hydrogen-bond donors (Lipinski definition) is 2. The summed E-state index contributed by atoms with van der Waals surface area (Å²) < 4.78 is 0. The van der Waals surface area contributed by atoms with Crippen LogP contribution < -0.4 is 5.32 Å². The molecule has 0 saturated heterocycles. The number of nitrogens with zero attached hydrogens (tertiary/aromatic N) is 1. The summed E-state index contributed by atoms with van der Waals surface area (Å²) in [7, 11) is 0. The van der Waals surface area contributed by atoms with Crippen LogP contribution in [0.4, 0.5) is 0 Å². The highest BCUT2D eigenvalue weighted by molar-refractivity contribution is 5.94. The largest absolute Gasteiger partial charge is 0.506 e. The van der Waals surface area contributed by atoms with Crippen LogP contribution >= 0.6 is 0 Å². The van der Waals surface area contributed by atoms with Crippen LogP contribution in [0.3, 0.4) is 0 Å². The van der Waals surface area contributed by atoms with Crippen molar-refractivity contribution in [2.75, 3.05) is 0 Å². The van der Waals surface area contributed by atoms with Gasteiger partial charge in [-0.2, -0.15) is 0 Å². The lowest BCUT2D eigenvalue weighted by atomic mass is 9.87. The Bertz CT molecular complexity index is 640. The molecule has 4 heteroatoms. The topological polar surface area (TPSA) is 62.2 Å². The minimum absolute atomic E-state index is 0.00157. The Hall–Kier alpha value is -2.36. The van der Waals surface area contributed by atoms with Crippen molar-refractivity contribution >= 4 is 5.91 Å². The molecule has 1 amide bonds. The van der Waals surface area contributed by atoms with Gasteiger partial charge in [-0.25, -0.2) is 0 Å². The van der Waals surface area contributed by atoms with Crippen molar-refractivity contribution in [3.05, 3.63) is 59.4 Å². The molecule has 1 heterocycles. The first-order valence-corrected chi connectivity index (χ1v) is 6.77. The van der Waals surface area contributed by atoms with Gasteiger partial charge in [-0.1, -0.05) is 24.3 Å². The number of amides is 1. The highest BCUT2D eigenvalue weighted by Crippen LogP contribution is 2.29. The average molecular weight is 268 g/mol. The van der Waals surface area contributed by atoms with Gasteiger partial charge in [-0.15, -0.1) is 0 Å². The van der Waals surface area contributed by atoms with Crippen LogP contribution in [0.1, 0.15) is 40.4 Å². The van der Waals surface area contributed by atoms with E-state index in [1.54, 1.807) is 0 Å². The van der Waals surface area contributed by atoms with Gasteiger partial charge >= 0.3 is 0 Å². The van der Waals surface area contributed by atoms with Crippen LogP contribution in [0.5, 0.6) is 5.75 Å². The summed E-state index contributed by atoms with van der Waals surface area (Å²) in [6, 6.07) is 9.68. The van der Waals surface area contributed by atoms with Crippen LogP contribution in [0.15, 0.2) is 42.7 Å². The lowest BCUT2D eigenvalue weighted by molar-refractivity contribution is 0.0932. The minimum Gasteiger partial charge on any atom is -0.506 e. The van der Waals surface area contributed by atoms with Crippen LogP contribution in [-0.4, -0.2) is 16.0 Å². The Morgan fingerprint density at radius 2 is 2.15 bits per heavy atom. The number of hydrogen-bond acceptors (Lipinski definition) is 3. The van der Waals surface area contributed by atoms with Crippen molar-refractivity contribution in [3.63, 3.8) is 0 Å². The number of benzene rings is 1. The molecule has 0 aliphatic heterocycles. The molecule has 0 fully saturated rings. The van der Waals surface area contributed by atoms with Gasteiger partial charge in [0, 0.05) is 6.20 Å². The van der Waals surface area contributed by atoms with E-state index in [2.05, 4.69) is 22.4 Å². The maximum Gasteiger partial charge on any atom is 0.253 e. The first-order valence-electron chi connectivity index (χ1n) is 6.77. The van der Waals surface area contributed by atoms with Gasteiger partial charge in [-0.05, 0) is 36.5 Å². The highest BCUT2D eigenvalue weighted by Gasteiger charge is 2.21. The second kappa shape index (κ2) is 5.33. The fraction of sp³-hybridized carbons (Fsp3) is 0.250. The zero-order valence-corrected chi connectivity index (χ0v) is 11.0. The van der Waals surface area contributed by atoms with E-state index in [9.17, 15) is 9.90 Å². The molecule has 20 heavy (non-hydrogen) atoms. The number of rotatable bonds is 2. The molecule has 1 aliphatic carbocycles. The third-order valence-electron chi connectivity index (χ3n) is 3.66. The molecule has 1 aromatic heterocycles. The molecule has 0 bridgehead atoms. The molecule has 0 radical (unpaired) electrons. The number of carbonyl (C=O) groups is 1. The molecule has 3 rings (SSSR count). The van der Waals surface area contributed by atoms with Crippen LogP contribution in [0.2, 0.25) is 0 Å². The number of nitrogens with one attached hydrogen (secondary N) is 1. The van der Waals surface area contributed by atoms with Crippen molar-refractivity contribution in [2.24, 2.45) is 0 Å². The SMILES string of the molecule is O=C(NC1CCCc2ccccc21)c1cncc(O)c1. The third kappa shape index (κ3) is 2.50. The van der Waals surface area contributed by atoms with Crippen molar-refractivity contribution in [1.29, 1.82) is 0 Å². The van der Waals surface area contributed by atoms with Crippen molar-refractivity contribution in [1.82, 2.24) is 10.3 Å². The van der Waals surface area contributed by atoms with Crippen LogP contribution in [0, 0.1) is 0 Å². The number of carbonyl (C=O) groups excluding carboxylic acids is 1. The number of aryl methyl sites for hydroxylation is 1. The fourth-order valence-corrected chi connectivity index (χ4v) is 2.70. The lowest BCUT2D eigenvalue weighted by Gasteiger charge is -2.26. The number of pyridine rings is 1. The number of fused-ring (bicyclic) bond motifs is 1. The smallest absolute Gasteiger partial charge is 0.253 e. The van der Waals surface area contributed by atoms with E-state index < -0.39 is 0 Å². The van der Waals surface area contributed by atoms with Gasteiger partial charge in [0.15, 0.2) is 0 Å². The van der Waals surface area contributed by atoms with E-state index in [1.165, 1.54) is 29.6 Å². The van der Waals surface area contributed by atoms with Crippen LogP contribution in [-0.2, 0) is 6.42 Å². The molecule has 0 spiro atoms. The second-order valence-electron chi connectivity index (χ2n) is 5.05. The molecule has 1 aromatic carbocycles. The van der Waals surface area contributed by atoms with Crippen molar-refractivity contribution in [2.45, 2.75) is 25.3 Å². The summed E-state index contributed by atoms with van der Waals surface area (Å²) in [6.45, 7) is 0. The van der Waals surface area contributed by atoms with Gasteiger partial charge in [0.25, 0.3) is 5.91 Å². The first-order chi connectivity index (χ1) is 9.74. The Morgan fingerprint density at radius 3 is 3.00 bits per heavy atom. The predicted molar refractivity (Wildman–Crippen MR) is 75.5 cm³/mol. The molecule has 0 saturated carbocycles. The van der Waals surface area contributed by atoms with E-state index in [4.69, 9.17) is 0 Å². The predicted octanol–water partition coefficient (Wildman–Crippen LogP) is 2.59. The zero-order chi connectivity index (χ0) is 13.9. The first kappa shape index (κ1) is 12.7. The van der Waals surface area contributed by atoms with Crippen molar-refractivity contribution in [3.8, 4) is 5.75 Å². The molecular formula is C16H16N2O2. The molecule has 2 aromatic rings. The van der Waals surface area contributed by atoms with Gasteiger partial charge in [0.1, 0.15) is 5.75 Å². The summed E-state index contributed by atoms with van der Waals surface area (Å²) in [4.78, 5) is 16.0. The summed E-state index contributed by atoms with van der Waals surface area (Å²) in [5, 5.41) is 12.4. The molecule has 1 aliphatic rings. The summed E-state index contributed by atoms with van der Waals surface area (Å²) in [5.41, 5.74) is 2.88. The molecule has 2 N–H and O–H groups in total. The Balaban J connectivity index is 1.81. The Kier molecular flexibility index (Phi) is 3.37. The quantitative estimate of drug-likeness (QED) is 0.880. The second-order valence-corrected chi connectivity index (χ2v) is 5.05. The van der Waals surface area contributed by atoms with Gasteiger partial charge < -0.3 is 10.4 Å². The van der Waals surface area contributed by atoms with Crippen LogP contribution in [0.25, 0.3) is 0 Å². The fourth-order valence-electron chi connectivity index (χ4n) is 2.70. The van der Waals surface area contributed by atoms with Gasteiger partial charge in [0.2, 0.25) is 0 Å². The normalized spacial score (nSPS) is 17.3. The molecule has 102 valence electrons. The Morgan fingerprint density at radius 1 is 1.30 bits per heavy atom. The lowest BCUT2D eigenvalue weighted by Crippen LogP contribution is -2.31. The molecule has 1 atom stereocenters. The summed E-state index contributed by atoms with van der Waals surface area (Å²) >= 11 is 0. The van der Waals surface area contributed by atoms with E-state index in [1.807, 2.05) is 12.1 Å². The standard InChI is InChI=1S/C16H16N2O2/c19-13-8-12(9-17-10-13)16(20)18-15-7-3-5-11-4-1-2-6-14(11)15/h1-2,4,6,8-10,15,19H,3,5,7H2,(H,18,20). The minimum atomic E-state index is -0.199. The van der Waals surface area contributed by atoms with E-state index >= 15 is 0 Å². The number of aromatic hydroxyl groups is 1. The average Bonchev–Trinajstić information content (AvgIpc) is 2.47. The van der Waals surface area contributed by atoms with E-state index in [-0.39, 0.29) is 17.7 Å². The van der Waals surface area contributed by atoms with Crippen molar-refractivity contribution < 1.29 is 9.90 Å². The molecular weight excluding hydrogens is 252 g/mol. The summed E-state index contributed by atoms with van der Waals surface area (Å²) in [5.74, 6) is -0.197. The number of aromatic nitrogens is 1. The monoisotopic (exact) mass is 268 g/mol. The maximum atomic E-state index is 12.2. The zero-order valence-electron chi connectivity index (χ0n) is 11.0. The highest BCUT2D eigenvalue weighted by atomic mass is 16.3. The van der Waals surface area contributed by atoms with Gasteiger partial charge in [0.05, 0.1) is 17.8 Å². The van der Waals surface area contributed by atoms with E-state index in [0.717, 1.165) is 19.3 Å². The maximum absolute atomic E-state index is 12.2. The molecule has 1 unspecified atom stereocenters. The van der Waals surface area contributed by atoms with E-state index in [0.29, 0.717) is 5.56 Å². The van der Waals surface area contributed by atoms with Gasteiger partial charge in [-0.3, -0.25) is 9.78 Å².